The van der Waals surface area contributed by atoms with E-state index in [1.54, 1.807) is 47.7 Å². The fourth-order valence-electron chi connectivity index (χ4n) is 3.52. The van der Waals surface area contributed by atoms with Gasteiger partial charge in [-0.3, -0.25) is 9.59 Å². The molecule has 0 radical (unpaired) electrons. The lowest BCUT2D eigenvalue weighted by atomic mass is 10.0. The van der Waals surface area contributed by atoms with E-state index in [0.717, 1.165) is 12.0 Å². The van der Waals surface area contributed by atoms with E-state index in [1.807, 2.05) is 11.8 Å². The minimum absolute atomic E-state index is 0.0327. The van der Waals surface area contributed by atoms with Gasteiger partial charge in [0.1, 0.15) is 5.75 Å². The van der Waals surface area contributed by atoms with E-state index in [-0.39, 0.29) is 18.4 Å². The molecule has 0 bridgehead atoms. The van der Waals surface area contributed by atoms with Crippen LogP contribution in [0.15, 0.2) is 47.8 Å². The summed E-state index contributed by atoms with van der Waals surface area (Å²) in [5.74, 6) is -0.00554. The summed E-state index contributed by atoms with van der Waals surface area (Å²) < 4.78 is 5.49. The van der Waals surface area contributed by atoms with Gasteiger partial charge < -0.3 is 15.0 Å². The van der Waals surface area contributed by atoms with Crippen LogP contribution in [0.5, 0.6) is 5.75 Å². The van der Waals surface area contributed by atoms with Gasteiger partial charge in [0.2, 0.25) is 0 Å². The number of hydrogen-bond acceptors (Lipinski definition) is 4. The molecule has 1 N–H and O–H groups in total. The van der Waals surface area contributed by atoms with Gasteiger partial charge in [0.05, 0.1) is 5.02 Å². The molecule has 0 unspecified atom stereocenters. The van der Waals surface area contributed by atoms with Crippen molar-refractivity contribution in [2.75, 3.05) is 18.5 Å². The summed E-state index contributed by atoms with van der Waals surface area (Å²) in [6, 6.07) is 12.2. The summed E-state index contributed by atoms with van der Waals surface area (Å²) in [5.41, 5.74) is 3.10. The van der Waals surface area contributed by atoms with Crippen molar-refractivity contribution in [3.05, 3.63) is 79.5 Å². The number of amides is 2. The third-order valence-corrected chi connectivity index (χ3v) is 6.74. The Labute approximate surface area is 194 Å². The summed E-state index contributed by atoms with van der Waals surface area (Å²) >= 11 is 13.7. The average Bonchev–Trinajstić information content (AvgIpc) is 3.22. The molecule has 5 nitrogen and oxygen atoms in total. The predicted molar refractivity (Wildman–Crippen MR) is 125 cm³/mol. The Morgan fingerprint density at radius 1 is 1.19 bits per heavy atom. The third-order valence-electron chi connectivity index (χ3n) is 5.19. The lowest BCUT2D eigenvalue weighted by molar-refractivity contribution is -0.118. The summed E-state index contributed by atoms with van der Waals surface area (Å²) in [7, 11) is 0. The van der Waals surface area contributed by atoms with Crippen LogP contribution in [-0.2, 0) is 17.8 Å². The van der Waals surface area contributed by atoms with E-state index in [2.05, 4.69) is 16.8 Å². The number of anilines is 1. The molecule has 2 amide bonds. The molecule has 31 heavy (non-hydrogen) atoms. The third kappa shape index (κ3) is 4.87. The van der Waals surface area contributed by atoms with Crippen LogP contribution in [0.4, 0.5) is 5.69 Å². The van der Waals surface area contributed by atoms with Gasteiger partial charge in [-0.25, -0.2) is 0 Å². The maximum atomic E-state index is 13.1. The van der Waals surface area contributed by atoms with Gasteiger partial charge in [0, 0.05) is 34.2 Å². The second-order valence-corrected chi connectivity index (χ2v) is 9.08. The van der Waals surface area contributed by atoms with Crippen LogP contribution in [-0.4, -0.2) is 29.9 Å². The van der Waals surface area contributed by atoms with Gasteiger partial charge in [-0.2, -0.15) is 0 Å². The standard InChI is InChI=1S/C23H20Cl2N2O3S/c1-14-17(23(29)27-9-7-21-15(12-27)8-10-31-21)3-2-4-19(14)26-22(28)13-30-20-6-5-16(24)11-18(20)25/h2-6,8,10-11H,7,9,12-13H2,1H3,(H,26,28). The molecule has 160 valence electrons. The smallest absolute Gasteiger partial charge is 0.262 e. The number of ether oxygens (including phenoxy) is 1. The van der Waals surface area contributed by atoms with Crippen molar-refractivity contribution < 1.29 is 14.3 Å². The highest BCUT2D eigenvalue weighted by atomic mass is 35.5. The molecule has 8 heteroatoms. The van der Waals surface area contributed by atoms with Crippen LogP contribution in [0, 0.1) is 6.92 Å². The Hall–Kier alpha value is -2.54. The quantitative estimate of drug-likeness (QED) is 0.524. The van der Waals surface area contributed by atoms with Gasteiger partial charge in [0.15, 0.2) is 6.61 Å². The Morgan fingerprint density at radius 3 is 2.84 bits per heavy atom. The van der Waals surface area contributed by atoms with Crippen molar-refractivity contribution >= 4 is 52.0 Å². The van der Waals surface area contributed by atoms with Gasteiger partial charge in [0.25, 0.3) is 11.8 Å². The normalized spacial score (nSPS) is 12.9. The van der Waals surface area contributed by atoms with Crippen LogP contribution in [0.3, 0.4) is 0 Å². The van der Waals surface area contributed by atoms with E-state index < -0.39 is 0 Å². The number of fused-ring (bicyclic) bond motifs is 1. The fourth-order valence-corrected chi connectivity index (χ4v) is 4.87. The summed E-state index contributed by atoms with van der Waals surface area (Å²) in [6.45, 7) is 2.92. The highest BCUT2D eigenvalue weighted by Gasteiger charge is 2.24. The lowest BCUT2D eigenvalue weighted by Crippen LogP contribution is -2.35. The Bertz CT molecular complexity index is 1150. The number of nitrogens with one attached hydrogen (secondary N) is 1. The van der Waals surface area contributed by atoms with Gasteiger partial charge in [-0.05, 0) is 66.2 Å². The van der Waals surface area contributed by atoms with E-state index in [9.17, 15) is 9.59 Å². The minimum Gasteiger partial charge on any atom is -0.482 e. The molecule has 4 rings (SSSR count). The maximum Gasteiger partial charge on any atom is 0.262 e. The molecule has 1 aromatic heterocycles. The molecule has 3 aromatic rings. The number of halogens is 2. The SMILES string of the molecule is Cc1c(NC(=O)COc2ccc(Cl)cc2Cl)cccc1C(=O)N1CCc2sccc2C1. The van der Waals surface area contributed by atoms with E-state index in [1.165, 1.54) is 10.4 Å². The van der Waals surface area contributed by atoms with Crippen LogP contribution in [0.25, 0.3) is 0 Å². The zero-order valence-corrected chi connectivity index (χ0v) is 19.1. The van der Waals surface area contributed by atoms with E-state index >= 15 is 0 Å². The highest BCUT2D eigenvalue weighted by Crippen LogP contribution is 2.28. The number of hydrogen-bond donors (Lipinski definition) is 1. The minimum atomic E-state index is -0.348. The Morgan fingerprint density at radius 2 is 2.03 bits per heavy atom. The molecule has 1 aliphatic heterocycles. The zero-order valence-electron chi connectivity index (χ0n) is 16.8. The number of carbonyl (C=O) groups excluding carboxylic acids is 2. The molecule has 2 heterocycles. The van der Waals surface area contributed by atoms with Crippen LogP contribution in [0.2, 0.25) is 10.0 Å². The van der Waals surface area contributed by atoms with Crippen LogP contribution >= 0.6 is 34.5 Å². The first kappa shape index (κ1) is 21.7. The van der Waals surface area contributed by atoms with Crippen molar-refractivity contribution in [1.29, 1.82) is 0 Å². The molecule has 0 spiro atoms. The zero-order chi connectivity index (χ0) is 22.0. The van der Waals surface area contributed by atoms with Crippen LogP contribution in [0.1, 0.15) is 26.4 Å². The molecule has 1 aliphatic rings. The molecule has 0 fully saturated rings. The molecule has 0 saturated heterocycles. The van der Waals surface area contributed by atoms with Gasteiger partial charge in [-0.15, -0.1) is 11.3 Å². The van der Waals surface area contributed by atoms with Crippen molar-refractivity contribution in [1.82, 2.24) is 4.90 Å². The first-order valence-electron chi connectivity index (χ1n) is 9.74. The Balaban J connectivity index is 1.42. The fraction of sp³-hybridized carbons (Fsp3) is 0.217. The number of rotatable bonds is 5. The topological polar surface area (TPSA) is 58.6 Å². The maximum absolute atomic E-state index is 13.1. The average molecular weight is 475 g/mol. The van der Waals surface area contributed by atoms with E-state index in [4.69, 9.17) is 27.9 Å². The van der Waals surface area contributed by atoms with Crippen LogP contribution < -0.4 is 10.1 Å². The summed E-state index contributed by atoms with van der Waals surface area (Å²) in [5, 5.41) is 5.71. The monoisotopic (exact) mass is 474 g/mol. The first-order chi connectivity index (χ1) is 14.9. The second kappa shape index (κ2) is 9.30. The van der Waals surface area contributed by atoms with Crippen molar-refractivity contribution in [3.63, 3.8) is 0 Å². The van der Waals surface area contributed by atoms with Crippen molar-refractivity contribution in [2.24, 2.45) is 0 Å². The molecular formula is C23H20Cl2N2O3S. The number of benzene rings is 2. The van der Waals surface area contributed by atoms with E-state index in [0.29, 0.717) is 40.1 Å². The molecule has 0 aliphatic carbocycles. The van der Waals surface area contributed by atoms with Crippen molar-refractivity contribution in [3.8, 4) is 5.75 Å². The predicted octanol–water partition coefficient (Wildman–Crippen LogP) is 5.58. The highest BCUT2D eigenvalue weighted by molar-refractivity contribution is 7.10. The lowest BCUT2D eigenvalue weighted by Gasteiger charge is -2.28. The number of thiophene rings is 1. The summed E-state index contributed by atoms with van der Waals surface area (Å²) in [6.07, 6.45) is 0.874. The first-order valence-corrected chi connectivity index (χ1v) is 11.4. The molecule has 0 atom stereocenters. The Kier molecular flexibility index (Phi) is 6.51. The molecule has 2 aromatic carbocycles. The molecule has 0 saturated carbocycles. The largest absolute Gasteiger partial charge is 0.482 e. The van der Waals surface area contributed by atoms with Gasteiger partial charge in [-0.1, -0.05) is 29.3 Å². The molecular weight excluding hydrogens is 455 g/mol. The summed E-state index contributed by atoms with van der Waals surface area (Å²) in [4.78, 5) is 28.7. The van der Waals surface area contributed by atoms with Gasteiger partial charge >= 0.3 is 0 Å². The van der Waals surface area contributed by atoms with Crippen molar-refractivity contribution in [2.45, 2.75) is 19.9 Å². The second-order valence-electron chi connectivity index (χ2n) is 7.24. The number of nitrogens with zero attached hydrogens (tertiary/aromatic N) is 1. The number of carbonyl (C=O) groups is 2.